The molecule has 3 aromatic rings. The fourth-order valence-electron chi connectivity index (χ4n) is 3.50. The number of rotatable bonds is 4. The standard InChI is InChI=1S/C20H22N4O2/c1-15-6-2-3-9-18(15)26-13-16-7-4-10-23(12-16)20(25)17-8-5-11-24-14-21-22-19(17)24/h2-3,5-6,8-9,11,14,16H,4,7,10,12-13H2,1H3/t16-/m0/s1. The Morgan fingerprint density at radius 3 is 3.04 bits per heavy atom. The number of amides is 1. The van der Waals surface area contributed by atoms with Crippen molar-refractivity contribution < 1.29 is 9.53 Å². The zero-order valence-corrected chi connectivity index (χ0v) is 14.8. The van der Waals surface area contributed by atoms with Gasteiger partial charge in [0.15, 0.2) is 5.65 Å². The van der Waals surface area contributed by atoms with Gasteiger partial charge in [0.05, 0.1) is 12.2 Å². The van der Waals surface area contributed by atoms with Crippen molar-refractivity contribution in [3.8, 4) is 5.75 Å². The second-order valence-electron chi connectivity index (χ2n) is 6.82. The summed E-state index contributed by atoms with van der Waals surface area (Å²) in [6.07, 6.45) is 5.52. The molecule has 0 radical (unpaired) electrons. The molecule has 1 saturated heterocycles. The Kier molecular flexibility index (Phi) is 4.56. The van der Waals surface area contributed by atoms with E-state index in [1.54, 1.807) is 10.7 Å². The summed E-state index contributed by atoms with van der Waals surface area (Å²) in [6, 6.07) is 11.7. The molecular formula is C20H22N4O2. The topological polar surface area (TPSA) is 59.7 Å². The number of benzene rings is 1. The summed E-state index contributed by atoms with van der Waals surface area (Å²) >= 11 is 0. The van der Waals surface area contributed by atoms with E-state index in [4.69, 9.17) is 4.74 Å². The predicted octanol–water partition coefficient (Wildman–Crippen LogP) is 2.97. The van der Waals surface area contributed by atoms with Crippen molar-refractivity contribution >= 4 is 11.6 Å². The summed E-state index contributed by atoms with van der Waals surface area (Å²) in [4.78, 5) is 14.9. The second kappa shape index (κ2) is 7.15. The smallest absolute Gasteiger partial charge is 0.257 e. The van der Waals surface area contributed by atoms with Gasteiger partial charge in [0.1, 0.15) is 12.1 Å². The van der Waals surface area contributed by atoms with E-state index in [2.05, 4.69) is 10.2 Å². The minimum absolute atomic E-state index is 0.0178. The second-order valence-corrected chi connectivity index (χ2v) is 6.82. The van der Waals surface area contributed by atoms with Crippen molar-refractivity contribution in [2.45, 2.75) is 19.8 Å². The lowest BCUT2D eigenvalue weighted by Crippen LogP contribution is -2.41. The van der Waals surface area contributed by atoms with E-state index in [-0.39, 0.29) is 5.91 Å². The van der Waals surface area contributed by atoms with Crippen molar-refractivity contribution in [2.24, 2.45) is 5.92 Å². The first-order valence-corrected chi connectivity index (χ1v) is 8.98. The number of para-hydroxylation sites is 1. The van der Waals surface area contributed by atoms with Crippen LogP contribution in [0.25, 0.3) is 5.65 Å². The van der Waals surface area contributed by atoms with Gasteiger partial charge in [-0.25, -0.2) is 0 Å². The van der Waals surface area contributed by atoms with Crippen molar-refractivity contribution in [1.29, 1.82) is 0 Å². The number of aromatic nitrogens is 3. The van der Waals surface area contributed by atoms with E-state index >= 15 is 0 Å². The quantitative estimate of drug-likeness (QED) is 0.726. The molecule has 0 spiro atoms. The Morgan fingerprint density at radius 1 is 1.27 bits per heavy atom. The largest absolute Gasteiger partial charge is 0.493 e. The molecule has 0 N–H and O–H groups in total. The summed E-state index contributed by atoms with van der Waals surface area (Å²) < 4.78 is 7.78. The number of carbonyl (C=O) groups is 1. The molecule has 1 aliphatic rings. The first-order chi connectivity index (χ1) is 12.7. The Bertz CT molecular complexity index is 921. The number of piperidine rings is 1. The maximum Gasteiger partial charge on any atom is 0.257 e. The number of fused-ring (bicyclic) bond motifs is 1. The van der Waals surface area contributed by atoms with Crippen LogP contribution in [0.5, 0.6) is 5.75 Å². The van der Waals surface area contributed by atoms with Gasteiger partial charge in [0.2, 0.25) is 0 Å². The van der Waals surface area contributed by atoms with Gasteiger partial charge in [0.25, 0.3) is 5.91 Å². The molecule has 1 fully saturated rings. The third kappa shape index (κ3) is 3.27. The monoisotopic (exact) mass is 350 g/mol. The fraction of sp³-hybridized carbons (Fsp3) is 0.350. The van der Waals surface area contributed by atoms with Gasteiger partial charge in [-0.1, -0.05) is 18.2 Å². The van der Waals surface area contributed by atoms with Crippen LogP contribution in [0.4, 0.5) is 0 Å². The highest BCUT2D eigenvalue weighted by atomic mass is 16.5. The SMILES string of the molecule is Cc1ccccc1OC[C@H]1CCCN(C(=O)c2cccn3cnnc23)C1. The Balaban J connectivity index is 1.44. The van der Waals surface area contributed by atoms with Crippen LogP contribution in [-0.4, -0.2) is 45.1 Å². The summed E-state index contributed by atoms with van der Waals surface area (Å²) in [7, 11) is 0. The highest BCUT2D eigenvalue weighted by Gasteiger charge is 2.26. The third-order valence-electron chi connectivity index (χ3n) is 4.93. The van der Waals surface area contributed by atoms with E-state index < -0.39 is 0 Å². The molecule has 0 unspecified atom stereocenters. The van der Waals surface area contributed by atoms with Crippen LogP contribution in [0.1, 0.15) is 28.8 Å². The van der Waals surface area contributed by atoms with Crippen LogP contribution < -0.4 is 4.74 Å². The minimum Gasteiger partial charge on any atom is -0.493 e. The third-order valence-corrected chi connectivity index (χ3v) is 4.93. The lowest BCUT2D eigenvalue weighted by molar-refractivity contribution is 0.0634. The Labute approximate surface area is 152 Å². The molecule has 1 aliphatic heterocycles. The van der Waals surface area contributed by atoms with Crippen molar-refractivity contribution in [2.75, 3.05) is 19.7 Å². The molecule has 1 aromatic carbocycles. The highest BCUT2D eigenvalue weighted by Crippen LogP contribution is 2.23. The lowest BCUT2D eigenvalue weighted by Gasteiger charge is -2.32. The zero-order chi connectivity index (χ0) is 17.9. The molecule has 0 aliphatic carbocycles. The maximum atomic E-state index is 13.0. The maximum absolute atomic E-state index is 13.0. The molecule has 26 heavy (non-hydrogen) atoms. The van der Waals surface area contributed by atoms with Gasteiger partial charge < -0.3 is 9.64 Å². The number of aryl methyl sites for hydroxylation is 1. The molecule has 4 rings (SSSR count). The van der Waals surface area contributed by atoms with Gasteiger partial charge >= 0.3 is 0 Å². The number of carbonyl (C=O) groups excluding carboxylic acids is 1. The number of ether oxygens (including phenoxy) is 1. The van der Waals surface area contributed by atoms with Crippen LogP contribution in [0.3, 0.4) is 0 Å². The van der Waals surface area contributed by atoms with E-state index in [1.165, 1.54) is 0 Å². The number of nitrogens with zero attached hydrogens (tertiary/aromatic N) is 4. The summed E-state index contributed by atoms with van der Waals surface area (Å²) in [5, 5.41) is 7.98. The van der Waals surface area contributed by atoms with Gasteiger partial charge in [-0.05, 0) is 43.5 Å². The summed E-state index contributed by atoms with van der Waals surface area (Å²) in [5.41, 5.74) is 2.34. The molecule has 1 atom stereocenters. The van der Waals surface area contributed by atoms with Gasteiger partial charge in [-0.15, -0.1) is 10.2 Å². The molecule has 6 nitrogen and oxygen atoms in total. The Hall–Kier alpha value is -2.89. The zero-order valence-electron chi connectivity index (χ0n) is 14.8. The molecular weight excluding hydrogens is 328 g/mol. The van der Waals surface area contributed by atoms with Crippen LogP contribution in [0, 0.1) is 12.8 Å². The first-order valence-electron chi connectivity index (χ1n) is 8.98. The average molecular weight is 350 g/mol. The first kappa shape index (κ1) is 16.6. The summed E-state index contributed by atoms with van der Waals surface area (Å²) in [6.45, 7) is 4.16. The number of likely N-dealkylation sites (tertiary alicyclic amines) is 1. The van der Waals surface area contributed by atoms with Crippen LogP contribution >= 0.6 is 0 Å². The molecule has 6 heteroatoms. The Morgan fingerprint density at radius 2 is 2.15 bits per heavy atom. The molecule has 0 bridgehead atoms. The normalized spacial score (nSPS) is 17.4. The van der Waals surface area contributed by atoms with Crippen molar-refractivity contribution in [3.05, 3.63) is 60.0 Å². The number of hydrogen-bond donors (Lipinski definition) is 0. The molecule has 134 valence electrons. The van der Waals surface area contributed by atoms with E-state index in [1.807, 2.05) is 54.4 Å². The number of hydrogen-bond acceptors (Lipinski definition) is 4. The van der Waals surface area contributed by atoms with Crippen molar-refractivity contribution in [1.82, 2.24) is 19.5 Å². The van der Waals surface area contributed by atoms with Crippen LogP contribution in [0.15, 0.2) is 48.9 Å². The fourth-order valence-corrected chi connectivity index (χ4v) is 3.50. The minimum atomic E-state index is 0.0178. The van der Waals surface area contributed by atoms with Crippen LogP contribution in [-0.2, 0) is 0 Å². The number of pyridine rings is 1. The summed E-state index contributed by atoms with van der Waals surface area (Å²) in [5.74, 6) is 1.28. The molecule has 1 amide bonds. The molecule has 0 saturated carbocycles. The average Bonchev–Trinajstić information content (AvgIpc) is 3.16. The lowest BCUT2D eigenvalue weighted by atomic mass is 9.98. The predicted molar refractivity (Wildman–Crippen MR) is 98.3 cm³/mol. The molecule has 2 aromatic heterocycles. The van der Waals surface area contributed by atoms with Gasteiger partial charge in [-0.3, -0.25) is 9.20 Å². The van der Waals surface area contributed by atoms with E-state index in [9.17, 15) is 4.79 Å². The highest BCUT2D eigenvalue weighted by molar-refractivity contribution is 5.99. The van der Waals surface area contributed by atoms with Crippen LogP contribution in [0.2, 0.25) is 0 Å². The van der Waals surface area contributed by atoms with Crippen molar-refractivity contribution in [3.63, 3.8) is 0 Å². The van der Waals surface area contributed by atoms with E-state index in [0.29, 0.717) is 30.3 Å². The van der Waals surface area contributed by atoms with Gasteiger partial charge in [-0.2, -0.15) is 0 Å². The van der Waals surface area contributed by atoms with Gasteiger partial charge in [0, 0.05) is 25.2 Å². The molecule has 3 heterocycles. The van der Waals surface area contributed by atoms with E-state index in [0.717, 1.165) is 30.7 Å².